The number of nitrogens with zero attached hydrogens (tertiary/aromatic N) is 4. The Morgan fingerprint density at radius 3 is 2.62 bits per heavy atom. The van der Waals surface area contributed by atoms with Gasteiger partial charge in [0.2, 0.25) is 0 Å². The van der Waals surface area contributed by atoms with E-state index in [1.165, 1.54) is 0 Å². The van der Waals surface area contributed by atoms with Gasteiger partial charge in [-0.15, -0.1) is 0 Å². The number of carbonyl (C=O) groups excluding carboxylic acids is 1. The predicted octanol–water partition coefficient (Wildman–Crippen LogP) is 3.19. The average Bonchev–Trinajstić information content (AvgIpc) is 3.28. The Hall–Kier alpha value is -2.21. The van der Waals surface area contributed by atoms with Gasteiger partial charge in [0, 0.05) is 43.3 Å². The van der Waals surface area contributed by atoms with Gasteiger partial charge in [0.05, 0.1) is 12.2 Å². The van der Waals surface area contributed by atoms with Gasteiger partial charge in [0.15, 0.2) is 5.76 Å². The molecule has 0 saturated carbocycles. The van der Waals surface area contributed by atoms with Gasteiger partial charge in [-0.25, -0.2) is 9.97 Å². The van der Waals surface area contributed by atoms with Crippen LogP contribution in [0.5, 0.6) is 0 Å². The monoisotopic (exact) mass is 356 g/mol. The second kappa shape index (κ2) is 7.99. The Balaban J connectivity index is 1.77. The number of amides is 1. The first-order valence-electron chi connectivity index (χ1n) is 9.56. The lowest BCUT2D eigenvalue weighted by molar-refractivity contribution is 0.0716. The summed E-state index contributed by atoms with van der Waals surface area (Å²) in [6.07, 6.45) is 3.43. The van der Waals surface area contributed by atoms with Crippen LogP contribution in [0.4, 0.5) is 0 Å². The summed E-state index contributed by atoms with van der Waals surface area (Å²) in [5.41, 5.74) is 3.10. The first-order valence-corrected chi connectivity index (χ1v) is 9.56. The molecule has 0 unspecified atom stereocenters. The highest BCUT2D eigenvalue weighted by Crippen LogP contribution is 2.25. The van der Waals surface area contributed by atoms with Crippen molar-refractivity contribution in [2.75, 3.05) is 13.1 Å². The molecule has 0 aliphatic carbocycles. The van der Waals surface area contributed by atoms with Crippen molar-refractivity contribution in [3.8, 4) is 0 Å². The van der Waals surface area contributed by atoms with Crippen molar-refractivity contribution in [3.63, 3.8) is 0 Å². The molecule has 3 heterocycles. The molecule has 6 heteroatoms. The van der Waals surface area contributed by atoms with Crippen LogP contribution in [-0.4, -0.2) is 38.8 Å². The van der Waals surface area contributed by atoms with Crippen LogP contribution in [-0.2, 0) is 32.5 Å². The molecule has 0 aromatic carbocycles. The molecule has 0 atom stereocenters. The van der Waals surface area contributed by atoms with Gasteiger partial charge < -0.3 is 9.32 Å². The van der Waals surface area contributed by atoms with Crippen molar-refractivity contribution in [2.45, 2.75) is 60.2 Å². The summed E-state index contributed by atoms with van der Waals surface area (Å²) >= 11 is 0. The van der Waals surface area contributed by atoms with Crippen LogP contribution in [0, 0.1) is 0 Å². The molecular weight excluding hydrogens is 328 g/mol. The maximum absolute atomic E-state index is 12.9. The van der Waals surface area contributed by atoms with E-state index in [0.717, 1.165) is 60.9 Å². The quantitative estimate of drug-likeness (QED) is 0.762. The molecule has 26 heavy (non-hydrogen) atoms. The molecule has 0 N–H and O–H groups in total. The minimum absolute atomic E-state index is 0.0680. The van der Waals surface area contributed by atoms with E-state index < -0.39 is 0 Å². The van der Waals surface area contributed by atoms with Crippen molar-refractivity contribution in [1.29, 1.82) is 0 Å². The lowest BCUT2D eigenvalue weighted by Crippen LogP contribution is -2.25. The van der Waals surface area contributed by atoms with Gasteiger partial charge in [-0.2, -0.15) is 0 Å². The van der Waals surface area contributed by atoms with Crippen LogP contribution in [0.3, 0.4) is 0 Å². The van der Waals surface area contributed by atoms with Gasteiger partial charge in [-0.1, -0.05) is 27.7 Å². The number of aryl methyl sites for hydroxylation is 2. The minimum Gasteiger partial charge on any atom is -0.456 e. The normalized spacial score (nSPS) is 13.5. The third-order valence-electron chi connectivity index (χ3n) is 5.03. The lowest BCUT2D eigenvalue weighted by Gasteiger charge is -2.17. The van der Waals surface area contributed by atoms with Crippen LogP contribution < -0.4 is 0 Å². The Morgan fingerprint density at radius 2 is 1.96 bits per heavy atom. The summed E-state index contributed by atoms with van der Waals surface area (Å²) < 4.78 is 5.92. The van der Waals surface area contributed by atoms with E-state index in [4.69, 9.17) is 4.42 Å². The van der Waals surface area contributed by atoms with Gasteiger partial charge in [0.25, 0.3) is 5.91 Å². The molecule has 0 radical (unpaired) electrons. The SMILES string of the molecule is CCc1ncc2c(n1)CN(C(=O)c1cc(CN(CC)CC)c(CC)o1)C2. The first-order chi connectivity index (χ1) is 12.6. The zero-order valence-corrected chi connectivity index (χ0v) is 16.2. The van der Waals surface area contributed by atoms with Crippen LogP contribution in [0.2, 0.25) is 0 Å². The Kier molecular flexibility index (Phi) is 5.71. The molecule has 2 aromatic rings. The van der Waals surface area contributed by atoms with Gasteiger partial charge in [-0.05, 0) is 19.2 Å². The Morgan fingerprint density at radius 1 is 1.19 bits per heavy atom. The maximum Gasteiger partial charge on any atom is 0.290 e. The molecule has 0 spiro atoms. The summed E-state index contributed by atoms with van der Waals surface area (Å²) in [7, 11) is 0. The average molecular weight is 356 g/mol. The Bertz CT molecular complexity index is 780. The van der Waals surface area contributed by atoms with Crippen molar-refractivity contribution in [3.05, 3.63) is 46.4 Å². The van der Waals surface area contributed by atoms with Gasteiger partial charge >= 0.3 is 0 Å². The fourth-order valence-electron chi connectivity index (χ4n) is 3.36. The molecule has 0 bridgehead atoms. The summed E-state index contributed by atoms with van der Waals surface area (Å²) in [5.74, 6) is 2.10. The van der Waals surface area contributed by atoms with Gasteiger partial charge in [-0.3, -0.25) is 9.69 Å². The van der Waals surface area contributed by atoms with E-state index in [1.54, 1.807) is 4.90 Å². The number of carbonyl (C=O) groups is 1. The van der Waals surface area contributed by atoms with E-state index >= 15 is 0 Å². The van der Waals surface area contributed by atoms with E-state index in [9.17, 15) is 4.79 Å². The number of fused-ring (bicyclic) bond motifs is 1. The van der Waals surface area contributed by atoms with Crippen LogP contribution in [0.1, 0.15) is 66.7 Å². The van der Waals surface area contributed by atoms with E-state index in [2.05, 4.69) is 35.6 Å². The zero-order valence-electron chi connectivity index (χ0n) is 16.2. The number of rotatable bonds is 7. The second-order valence-electron chi connectivity index (χ2n) is 6.65. The molecule has 1 aliphatic rings. The highest BCUT2D eigenvalue weighted by atomic mass is 16.4. The molecule has 6 nitrogen and oxygen atoms in total. The van der Waals surface area contributed by atoms with E-state index in [0.29, 0.717) is 18.8 Å². The summed E-state index contributed by atoms with van der Waals surface area (Å²) in [5, 5.41) is 0. The van der Waals surface area contributed by atoms with Crippen LogP contribution in [0.15, 0.2) is 16.7 Å². The minimum atomic E-state index is -0.0680. The molecule has 1 amide bonds. The predicted molar refractivity (Wildman–Crippen MR) is 99.7 cm³/mol. The first kappa shape index (κ1) is 18.6. The fourth-order valence-corrected chi connectivity index (χ4v) is 3.36. The third-order valence-corrected chi connectivity index (χ3v) is 5.03. The van der Waals surface area contributed by atoms with E-state index in [-0.39, 0.29) is 5.91 Å². The van der Waals surface area contributed by atoms with Crippen LogP contribution in [0.25, 0.3) is 0 Å². The largest absolute Gasteiger partial charge is 0.456 e. The highest BCUT2D eigenvalue weighted by Gasteiger charge is 2.28. The standard InChI is InChI=1S/C20H28N4O2/c1-5-17-14(11-23(7-3)8-4)9-18(26-17)20(25)24-12-15-10-21-19(6-2)22-16(15)13-24/h9-10H,5-8,11-13H2,1-4H3. The van der Waals surface area contributed by atoms with Crippen LogP contribution >= 0.6 is 0 Å². The zero-order chi connectivity index (χ0) is 18.7. The maximum atomic E-state index is 12.9. The number of furan rings is 1. The summed E-state index contributed by atoms with van der Waals surface area (Å²) in [4.78, 5) is 26.0. The molecule has 3 rings (SSSR count). The molecular formula is C20H28N4O2. The van der Waals surface area contributed by atoms with Crippen molar-refractivity contribution < 1.29 is 9.21 Å². The molecule has 2 aromatic heterocycles. The number of aromatic nitrogens is 2. The topological polar surface area (TPSA) is 62.5 Å². The molecule has 0 saturated heterocycles. The lowest BCUT2D eigenvalue weighted by atomic mass is 10.2. The second-order valence-corrected chi connectivity index (χ2v) is 6.65. The molecule has 140 valence electrons. The van der Waals surface area contributed by atoms with E-state index in [1.807, 2.05) is 19.2 Å². The van der Waals surface area contributed by atoms with Crippen molar-refractivity contribution in [2.24, 2.45) is 0 Å². The van der Waals surface area contributed by atoms with Gasteiger partial charge in [0.1, 0.15) is 11.6 Å². The summed E-state index contributed by atoms with van der Waals surface area (Å²) in [6.45, 7) is 12.2. The fraction of sp³-hybridized carbons (Fsp3) is 0.550. The third kappa shape index (κ3) is 3.65. The smallest absolute Gasteiger partial charge is 0.290 e. The van der Waals surface area contributed by atoms with Crippen molar-refractivity contribution >= 4 is 5.91 Å². The summed E-state index contributed by atoms with van der Waals surface area (Å²) in [6, 6.07) is 1.92. The number of hydrogen-bond acceptors (Lipinski definition) is 5. The molecule has 0 fully saturated rings. The Labute approximate surface area is 155 Å². The van der Waals surface area contributed by atoms with Crippen molar-refractivity contribution in [1.82, 2.24) is 19.8 Å². The highest BCUT2D eigenvalue weighted by molar-refractivity contribution is 5.92. The molecule has 1 aliphatic heterocycles. The number of hydrogen-bond donors (Lipinski definition) is 0.